The molecule has 10 nitrogen and oxygen atoms in total. The zero-order chi connectivity index (χ0) is 22.3. The Morgan fingerprint density at radius 2 is 1.90 bits per heavy atom. The molecule has 4 unspecified atom stereocenters. The molecule has 162 valence electrons. The number of nitro benzene ring substituents is 1. The average Bonchev–Trinajstić information content (AvgIpc) is 3.39. The van der Waals surface area contributed by atoms with Crippen LogP contribution in [0.25, 0.3) is 0 Å². The molecule has 1 aliphatic heterocycles. The summed E-state index contributed by atoms with van der Waals surface area (Å²) in [6, 6.07) is 4.13. The third kappa shape index (κ3) is 3.69. The second-order valence-corrected chi connectivity index (χ2v) is 8.01. The number of rotatable bonds is 7. The van der Waals surface area contributed by atoms with Gasteiger partial charge < -0.3 is 9.47 Å². The number of hydrogen-bond acceptors (Lipinski definition) is 8. The lowest BCUT2D eigenvalue weighted by Gasteiger charge is -2.13. The molecule has 4 rings (SSSR count). The Bertz CT molecular complexity index is 986. The van der Waals surface area contributed by atoms with Gasteiger partial charge in [0.05, 0.1) is 29.1 Å². The predicted octanol–water partition coefficient (Wildman–Crippen LogP) is 2.07. The Morgan fingerprint density at radius 3 is 2.48 bits per heavy atom. The number of allylic oxidation sites excluding steroid dienone is 2. The van der Waals surface area contributed by atoms with Crippen LogP contribution in [0.3, 0.4) is 0 Å². The van der Waals surface area contributed by atoms with Gasteiger partial charge in [-0.15, -0.1) is 0 Å². The van der Waals surface area contributed by atoms with Gasteiger partial charge in [0.25, 0.3) is 11.8 Å². The summed E-state index contributed by atoms with van der Waals surface area (Å²) in [6.07, 6.45) is 5.57. The molecule has 1 aromatic rings. The molecule has 2 amide bonds. The SMILES string of the molecule is CC(C)OC(=O)COc1c(C=NN2C(=O)C3C4C=CC(C4)C3C2=O)cccc1[N+](=O)[O-]. The van der Waals surface area contributed by atoms with Crippen molar-refractivity contribution in [3.05, 3.63) is 46.0 Å². The molecule has 0 N–H and O–H groups in total. The van der Waals surface area contributed by atoms with Gasteiger partial charge in [-0.2, -0.15) is 10.1 Å². The standard InChI is InChI=1S/C21H21N3O7/c1-11(2)31-16(25)10-30-19-14(4-3-5-15(19)24(28)29)9-22-23-20(26)17-12-6-7-13(8-12)18(17)21(23)27/h3-7,9,11-13,17-18H,8,10H2,1-2H3. The molecule has 3 aliphatic rings. The Balaban J connectivity index is 1.57. The van der Waals surface area contributed by atoms with E-state index in [1.54, 1.807) is 13.8 Å². The Kier molecular flexibility index (Phi) is 5.30. The van der Waals surface area contributed by atoms with E-state index in [4.69, 9.17) is 9.47 Å². The molecular formula is C21H21N3O7. The van der Waals surface area contributed by atoms with Crippen LogP contribution in [0.1, 0.15) is 25.8 Å². The molecule has 0 radical (unpaired) electrons. The van der Waals surface area contributed by atoms with E-state index < -0.39 is 29.3 Å². The van der Waals surface area contributed by atoms with Gasteiger partial charge in [0.1, 0.15) is 0 Å². The summed E-state index contributed by atoms with van der Waals surface area (Å²) in [6.45, 7) is 2.80. The lowest BCUT2D eigenvalue weighted by Crippen LogP contribution is -2.28. The van der Waals surface area contributed by atoms with Crippen LogP contribution in [-0.2, 0) is 19.1 Å². The maximum Gasteiger partial charge on any atom is 0.344 e. The number of carbonyl (C=O) groups excluding carboxylic acids is 3. The number of fused-ring (bicyclic) bond motifs is 5. The van der Waals surface area contributed by atoms with Crippen LogP contribution in [0.5, 0.6) is 5.75 Å². The van der Waals surface area contributed by atoms with Crippen molar-refractivity contribution >= 4 is 29.7 Å². The number of nitro groups is 1. The summed E-state index contributed by atoms with van der Waals surface area (Å²) in [7, 11) is 0. The molecule has 10 heteroatoms. The van der Waals surface area contributed by atoms with Gasteiger partial charge in [-0.05, 0) is 38.2 Å². The minimum atomic E-state index is -0.684. The van der Waals surface area contributed by atoms with Crippen molar-refractivity contribution in [3.8, 4) is 5.75 Å². The summed E-state index contributed by atoms with van der Waals surface area (Å²) < 4.78 is 10.4. The molecule has 2 aliphatic carbocycles. The summed E-state index contributed by atoms with van der Waals surface area (Å²) in [5.41, 5.74) is -0.218. The van der Waals surface area contributed by atoms with E-state index in [1.807, 2.05) is 12.2 Å². The van der Waals surface area contributed by atoms with Crippen molar-refractivity contribution in [2.75, 3.05) is 6.61 Å². The first kappa shape index (κ1) is 20.7. The number of nitrogens with zero attached hydrogens (tertiary/aromatic N) is 3. The number of ether oxygens (including phenoxy) is 2. The third-order valence-electron chi connectivity index (χ3n) is 5.68. The number of esters is 1. The minimum Gasteiger partial charge on any atom is -0.474 e. The second-order valence-electron chi connectivity index (χ2n) is 8.01. The molecule has 1 saturated carbocycles. The number of imide groups is 1. The van der Waals surface area contributed by atoms with Crippen LogP contribution in [0.2, 0.25) is 0 Å². The summed E-state index contributed by atoms with van der Waals surface area (Å²) in [4.78, 5) is 48.0. The smallest absolute Gasteiger partial charge is 0.344 e. The molecule has 0 spiro atoms. The van der Waals surface area contributed by atoms with Crippen LogP contribution in [-0.4, -0.2) is 46.6 Å². The van der Waals surface area contributed by atoms with Crippen LogP contribution < -0.4 is 4.74 Å². The number of hydrazone groups is 1. The molecule has 31 heavy (non-hydrogen) atoms. The van der Waals surface area contributed by atoms with Gasteiger partial charge in [-0.3, -0.25) is 19.7 Å². The van der Waals surface area contributed by atoms with Crippen LogP contribution in [0.4, 0.5) is 5.69 Å². The first-order valence-corrected chi connectivity index (χ1v) is 9.97. The molecule has 0 aromatic heterocycles. The molecule has 4 atom stereocenters. The quantitative estimate of drug-likeness (QED) is 0.163. The van der Waals surface area contributed by atoms with E-state index in [-0.39, 0.29) is 46.8 Å². The number of benzene rings is 1. The summed E-state index contributed by atoms with van der Waals surface area (Å²) in [5, 5.41) is 16.3. The topological polar surface area (TPSA) is 128 Å². The first-order valence-electron chi connectivity index (χ1n) is 9.97. The molecule has 1 aromatic carbocycles. The van der Waals surface area contributed by atoms with E-state index in [2.05, 4.69) is 5.10 Å². The largest absolute Gasteiger partial charge is 0.474 e. The maximum atomic E-state index is 12.7. The second kappa shape index (κ2) is 7.93. The highest BCUT2D eigenvalue weighted by molar-refractivity contribution is 6.07. The van der Waals surface area contributed by atoms with E-state index >= 15 is 0 Å². The summed E-state index contributed by atoms with van der Waals surface area (Å²) >= 11 is 0. The van der Waals surface area contributed by atoms with Crippen molar-refractivity contribution in [1.29, 1.82) is 0 Å². The van der Waals surface area contributed by atoms with E-state index in [0.717, 1.165) is 11.4 Å². The Morgan fingerprint density at radius 1 is 1.26 bits per heavy atom. The number of hydrogen-bond donors (Lipinski definition) is 0. The van der Waals surface area contributed by atoms with Crippen molar-refractivity contribution in [2.45, 2.75) is 26.4 Å². The van der Waals surface area contributed by atoms with Gasteiger partial charge in [0, 0.05) is 11.6 Å². The molecule has 2 fully saturated rings. The fraction of sp³-hybridized carbons (Fsp3) is 0.429. The monoisotopic (exact) mass is 427 g/mol. The normalized spacial score (nSPS) is 26.2. The van der Waals surface area contributed by atoms with Crippen LogP contribution >= 0.6 is 0 Å². The number of carbonyl (C=O) groups is 3. The van der Waals surface area contributed by atoms with Gasteiger partial charge in [-0.1, -0.05) is 18.2 Å². The minimum absolute atomic E-state index is 0.0512. The van der Waals surface area contributed by atoms with Crippen LogP contribution in [0.15, 0.2) is 35.5 Å². The highest BCUT2D eigenvalue weighted by Gasteiger charge is 2.59. The molecule has 2 bridgehead atoms. The zero-order valence-electron chi connectivity index (χ0n) is 17.0. The van der Waals surface area contributed by atoms with Crippen molar-refractivity contribution in [2.24, 2.45) is 28.8 Å². The van der Waals surface area contributed by atoms with Gasteiger partial charge >= 0.3 is 11.7 Å². The fourth-order valence-corrected chi connectivity index (χ4v) is 4.49. The predicted molar refractivity (Wildman–Crippen MR) is 107 cm³/mol. The van der Waals surface area contributed by atoms with Crippen LogP contribution in [0, 0.1) is 33.8 Å². The van der Waals surface area contributed by atoms with Crippen molar-refractivity contribution < 1.29 is 28.8 Å². The summed E-state index contributed by atoms with van der Waals surface area (Å²) in [5.74, 6) is -2.30. The lowest BCUT2D eigenvalue weighted by molar-refractivity contribution is -0.385. The third-order valence-corrected chi connectivity index (χ3v) is 5.68. The lowest BCUT2D eigenvalue weighted by atomic mass is 9.85. The zero-order valence-corrected chi connectivity index (χ0v) is 17.0. The van der Waals surface area contributed by atoms with Crippen molar-refractivity contribution in [3.63, 3.8) is 0 Å². The molecule has 1 heterocycles. The van der Waals surface area contributed by atoms with E-state index in [0.29, 0.717) is 0 Å². The Hall–Kier alpha value is -3.56. The fourth-order valence-electron chi connectivity index (χ4n) is 4.49. The Labute approximate surface area is 177 Å². The van der Waals surface area contributed by atoms with E-state index in [9.17, 15) is 24.5 Å². The van der Waals surface area contributed by atoms with Gasteiger partial charge in [0.15, 0.2) is 6.61 Å². The molecular weight excluding hydrogens is 406 g/mol. The highest BCUT2D eigenvalue weighted by Crippen LogP contribution is 2.52. The molecule has 1 saturated heterocycles. The number of para-hydroxylation sites is 1. The number of amides is 2. The average molecular weight is 427 g/mol. The van der Waals surface area contributed by atoms with Gasteiger partial charge in [-0.25, -0.2) is 4.79 Å². The first-order chi connectivity index (χ1) is 14.8. The van der Waals surface area contributed by atoms with Gasteiger partial charge in [0.2, 0.25) is 5.75 Å². The maximum absolute atomic E-state index is 12.7. The van der Waals surface area contributed by atoms with E-state index in [1.165, 1.54) is 24.4 Å². The van der Waals surface area contributed by atoms with Crippen molar-refractivity contribution in [1.82, 2.24) is 5.01 Å². The highest BCUT2D eigenvalue weighted by atomic mass is 16.6.